The topological polar surface area (TPSA) is 80.5 Å². The van der Waals surface area contributed by atoms with Crippen LogP contribution >= 0.6 is 0 Å². The molecule has 3 aromatic carbocycles. The van der Waals surface area contributed by atoms with Gasteiger partial charge in [0.05, 0.1) is 11.5 Å². The van der Waals surface area contributed by atoms with E-state index in [2.05, 4.69) is 5.16 Å². The first-order valence-electron chi connectivity index (χ1n) is 11.3. The van der Waals surface area contributed by atoms with Crippen LogP contribution in [0.5, 0.6) is 0 Å². The molecule has 1 atom stereocenters. The number of fused-ring (bicyclic) bond motifs is 1. The smallest absolute Gasteiger partial charge is 0.276 e. The molecule has 0 saturated carbocycles. The Bertz CT molecular complexity index is 1480. The van der Waals surface area contributed by atoms with Crippen LogP contribution in [-0.2, 0) is 16.4 Å². The summed E-state index contributed by atoms with van der Waals surface area (Å²) < 4.78 is 30.0. The highest BCUT2D eigenvalue weighted by Crippen LogP contribution is 2.28. The van der Waals surface area contributed by atoms with Crippen LogP contribution in [0.25, 0.3) is 22.1 Å². The van der Waals surface area contributed by atoms with Crippen molar-refractivity contribution >= 4 is 26.5 Å². The van der Waals surface area contributed by atoms with Crippen LogP contribution in [-0.4, -0.2) is 41.9 Å². The third-order valence-electron chi connectivity index (χ3n) is 6.65. The number of hydrogen-bond acceptors (Lipinski definition) is 5. The summed E-state index contributed by atoms with van der Waals surface area (Å²) in [6, 6.07) is 21.1. The molecule has 174 valence electrons. The summed E-state index contributed by atoms with van der Waals surface area (Å²) in [7, 11) is -3.18. The largest absolute Gasteiger partial charge is 0.355 e. The van der Waals surface area contributed by atoms with Gasteiger partial charge in [-0.25, -0.2) is 8.42 Å². The Balaban J connectivity index is 1.50. The molecule has 4 aromatic rings. The molecule has 0 unspecified atom stereocenters. The normalized spacial score (nSPS) is 17.2. The van der Waals surface area contributed by atoms with Gasteiger partial charge in [-0.3, -0.25) is 4.79 Å². The molecule has 1 saturated heterocycles. The van der Waals surface area contributed by atoms with Crippen molar-refractivity contribution in [3.05, 3.63) is 89.1 Å². The molecule has 1 aliphatic rings. The summed E-state index contributed by atoms with van der Waals surface area (Å²) in [5.41, 5.74) is 4.28. The monoisotopic (exact) mass is 474 g/mol. The van der Waals surface area contributed by atoms with Crippen molar-refractivity contribution in [3.63, 3.8) is 0 Å². The Labute approximate surface area is 199 Å². The van der Waals surface area contributed by atoms with Crippen molar-refractivity contribution in [2.75, 3.05) is 11.5 Å². The summed E-state index contributed by atoms with van der Waals surface area (Å²) in [5.74, 6) is 0.235. The van der Waals surface area contributed by atoms with Crippen molar-refractivity contribution < 1.29 is 17.7 Å². The van der Waals surface area contributed by atoms with E-state index in [0.29, 0.717) is 18.7 Å². The van der Waals surface area contributed by atoms with Crippen molar-refractivity contribution in [2.24, 2.45) is 0 Å². The molecule has 1 amide bonds. The number of aromatic nitrogens is 1. The highest BCUT2D eigenvalue weighted by Gasteiger charge is 2.36. The van der Waals surface area contributed by atoms with E-state index in [4.69, 9.17) is 4.52 Å². The highest BCUT2D eigenvalue weighted by atomic mass is 32.2. The molecule has 1 aromatic heterocycles. The molecule has 1 aliphatic heterocycles. The van der Waals surface area contributed by atoms with Gasteiger partial charge in [0, 0.05) is 24.2 Å². The second kappa shape index (κ2) is 8.72. The van der Waals surface area contributed by atoms with E-state index >= 15 is 0 Å². The predicted octanol–water partition coefficient (Wildman–Crippen LogP) is 4.94. The number of rotatable bonds is 5. The number of benzene rings is 3. The maximum atomic E-state index is 13.7. The summed E-state index contributed by atoms with van der Waals surface area (Å²) in [6.07, 6.45) is 0.417. The molecule has 34 heavy (non-hydrogen) atoms. The van der Waals surface area contributed by atoms with Gasteiger partial charge in [0.25, 0.3) is 5.91 Å². The first-order chi connectivity index (χ1) is 16.3. The lowest BCUT2D eigenvalue weighted by Gasteiger charge is -2.28. The van der Waals surface area contributed by atoms with E-state index in [0.717, 1.165) is 27.5 Å². The molecule has 2 heterocycles. The van der Waals surface area contributed by atoms with Crippen LogP contribution < -0.4 is 0 Å². The quantitative estimate of drug-likeness (QED) is 0.409. The summed E-state index contributed by atoms with van der Waals surface area (Å²) in [6.45, 7) is 4.36. The summed E-state index contributed by atoms with van der Waals surface area (Å²) >= 11 is 0. The molecule has 0 aliphatic carbocycles. The number of carbonyl (C=O) groups is 1. The third kappa shape index (κ3) is 4.35. The zero-order valence-electron chi connectivity index (χ0n) is 19.2. The Morgan fingerprint density at radius 1 is 1.03 bits per heavy atom. The molecule has 6 nitrogen and oxygen atoms in total. The third-order valence-corrected chi connectivity index (χ3v) is 8.40. The van der Waals surface area contributed by atoms with Crippen molar-refractivity contribution in [1.82, 2.24) is 10.1 Å². The Morgan fingerprint density at radius 3 is 2.59 bits per heavy atom. The minimum Gasteiger partial charge on any atom is -0.355 e. The van der Waals surface area contributed by atoms with E-state index in [1.54, 1.807) is 11.0 Å². The van der Waals surface area contributed by atoms with Gasteiger partial charge < -0.3 is 9.42 Å². The van der Waals surface area contributed by atoms with Crippen LogP contribution in [0.4, 0.5) is 0 Å². The van der Waals surface area contributed by atoms with Crippen molar-refractivity contribution in [3.8, 4) is 11.3 Å². The average molecular weight is 475 g/mol. The van der Waals surface area contributed by atoms with Crippen LogP contribution in [0.3, 0.4) is 0 Å². The fourth-order valence-electron chi connectivity index (χ4n) is 4.56. The maximum absolute atomic E-state index is 13.7. The van der Waals surface area contributed by atoms with Gasteiger partial charge in [-0.15, -0.1) is 0 Å². The first-order valence-corrected chi connectivity index (χ1v) is 13.2. The zero-order chi connectivity index (χ0) is 23.9. The Morgan fingerprint density at radius 2 is 1.82 bits per heavy atom. The van der Waals surface area contributed by atoms with Gasteiger partial charge in [-0.1, -0.05) is 59.8 Å². The second-order valence-corrected chi connectivity index (χ2v) is 11.2. The molecule has 7 heteroatoms. The van der Waals surface area contributed by atoms with Crippen molar-refractivity contribution in [2.45, 2.75) is 32.9 Å². The number of amides is 1. The predicted molar refractivity (Wildman–Crippen MR) is 132 cm³/mol. The molecular weight excluding hydrogens is 448 g/mol. The average Bonchev–Trinajstić information content (AvgIpc) is 3.45. The lowest BCUT2D eigenvalue weighted by atomic mass is 10.0. The second-order valence-electron chi connectivity index (χ2n) is 9.00. The Hall–Kier alpha value is -3.45. The first kappa shape index (κ1) is 22.3. The molecule has 1 fully saturated rings. The van der Waals surface area contributed by atoms with E-state index in [-0.39, 0.29) is 23.1 Å². The minimum atomic E-state index is -3.18. The number of carbonyl (C=O) groups excluding carboxylic acids is 1. The number of nitrogens with zero attached hydrogens (tertiary/aromatic N) is 2. The molecule has 0 radical (unpaired) electrons. The fraction of sp³-hybridized carbons (Fsp3) is 0.259. The van der Waals surface area contributed by atoms with Crippen LogP contribution in [0, 0.1) is 13.8 Å². The molecule has 0 spiro atoms. The lowest BCUT2D eigenvalue weighted by Crippen LogP contribution is -2.40. The van der Waals surface area contributed by atoms with Crippen LogP contribution in [0.15, 0.2) is 71.3 Å². The van der Waals surface area contributed by atoms with E-state index < -0.39 is 15.9 Å². The van der Waals surface area contributed by atoms with E-state index in [9.17, 15) is 13.2 Å². The lowest BCUT2D eigenvalue weighted by molar-refractivity contribution is 0.0671. The summed E-state index contributed by atoms with van der Waals surface area (Å²) in [5, 5.41) is 6.18. The maximum Gasteiger partial charge on any atom is 0.276 e. The molecule has 5 rings (SSSR count). The highest BCUT2D eigenvalue weighted by molar-refractivity contribution is 7.91. The molecule has 0 bridgehead atoms. The van der Waals surface area contributed by atoms with Gasteiger partial charge in [-0.2, -0.15) is 0 Å². The van der Waals surface area contributed by atoms with Gasteiger partial charge in [0.1, 0.15) is 0 Å². The van der Waals surface area contributed by atoms with Gasteiger partial charge in [0.2, 0.25) is 0 Å². The Kier molecular flexibility index (Phi) is 5.73. The zero-order valence-corrected chi connectivity index (χ0v) is 20.0. The van der Waals surface area contributed by atoms with Gasteiger partial charge in [0.15, 0.2) is 21.3 Å². The number of hydrogen-bond donors (Lipinski definition) is 0. The van der Waals surface area contributed by atoms with E-state index in [1.165, 1.54) is 5.56 Å². The van der Waals surface area contributed by atoms with Gasteiger partial charge >= 0.3 is 0 Å². The van der Waals surface area contributed by atoms with Crippen LogP contribution in [0.1, 0.15) is 33.6 Å². The number of aryl methyl sites for hydroxylation is 2. The minimum absolute atomic E-state index is 0.0363. The standard InChI is InChI=1S/C27H26N2O4S/c1-18-10-11-21(14-19(18)2)26-15-25(28-33-26)27(30)29(23-12-13-34(31,32)17-23)16-22-8-5-7-20-6-3-4-9-24(20)22/h3-11,14-15,23H,12-13,16-17H2,1-2H3/t23-/m0/s1. The molecule has 0 N–H and O–H groups in total. The van der Waals surface area contributed by atoms with Crippen LogP contribution in [0.2, 0.25) is 0 Å². The van der Waals surface area contributed by atoms with E-state index in [1.807, 2.05) is 74.5 Å². The van der Waals surface area contributed by atoms with Gasteiger partial charge in [-0.05, 0) is 53.8 Å². The summed E-state index contributed by atoms with van der Waals surface area (Å²) in [4.78, 5) is 15.3. The fourth-order valence-corrected chi connectivity index (χ4v) is 6.29. The SMILES string of the molecule is Cc1ccc(-c2cc(C(=O)N(Cc3cccc4ccccc34)[C@H]3CCS(=O)(=O)C3)no2)cc1C. The molecular formula is C27H26N2O4S. The number of sulfone groups is 1. The van der Waals surface area contributed by atoms with Crippen molar-refractivity contribution in [1.29, 1.82) is 0 Å².